The standard InChI is InChI=1S/C13H20N4O3/c1-4-7-16(9(2)3)12-6-5-10(17(19)20)8-11(12)13(14)15-18/h5-6,8-9,18H,4,7H2,1-3H3,(H2,14,15). The van der Waals surface area contributed by atoms with Gasteiger partial charge in [0.25, 0.3) is 5.69 Å². The van der Waals surface area contributed by atoms with E-state index in [0.717, 1.165) is 18.7 Å². The lowest BCUT2D eigenvalue weighted by Crippen LogP contribution is -2.33. The minimum atomic E-state index is -0.503. The number of rotatable bonds is 6. The molecule has 0 heterocycles. The summed E-state index contributed by atoms with van der Waals surface area (Å²) in [6.45, 7) is 6.87. The van der Waals surface area contributed by atoms with Gasteiger partial charge in [-0.05, 0) is 26.3 Å². The molecule has 7 heteroatoms. The van der Waals surface area contributed by atoms with Crippen molar-refractivity contribution in [3.05, 3.63) is 33.9 Å². The molecule has 1 aromatic carbocycles. The van der Waals surface area contributed by atoms with Crippen molar-refractivity contribution in [3.8, 4) is 0 Å². The molecule has 0 aliphatic heterocycles. The number of nitrogens with zero attached hydrogens (tertiary/aromatic N) is 3. The minimum Gasteiger partial charge on any atom is -0.409 e. The van der Waals surface area contributed by atoms with Crippen molar-refractivity contribution in [2.24, 2.45) is 10.9 Å². The van der Waals surface area contributed by atoms with Crippen LogP contribution in [-0.4, -0.2) is 28.6 Å². The summed E-state index contributed by atoms with van der Waals surface area (Å²) in [5.41, 5.74) is 6.65. The van der Waals surface area contributed by atoms with Gasteiger partial charge in [-0.25, -0.2) is 0 Å². The van der Waals surface area contributed by atoms with E-state index in [0.29, 0.717) is 5.56 Å². The number of nitro groups is 1. The highest BCUT2D eigenvalue weighted by molar-refractivity contribution is 6.02. The fraction of sp³-hybridized carbons (Fsp3) is 0.462. The average Bonchev–Trinajstić information content (AvgIpc) is 2.42. The molecule has 0 spiro atoms. The summed E-state index contributed by atoms with van der Waals surface area (Å²) < 4.78 is 0. The minimum absolute atomic E-state index is 0.0874. The monoisotopic (exact) mass is 280 g/mol. The zero-order valence-corrected chi connectivity index (χ0v) is 11.9. The largest absolute Gasteiger partial charge is 0.409 e. The van der Waals surface area contributed by atoms with Crippen LogP contribution in [0.25, 0.3) is 0 Å². The first-order chi connectivity index (χ1) is 9.42. The van der Waals surface area contributed by atoms with Crippen LogP contribution in [0.15, 0.2) is 23.4 Å². The summed E-state index contributed by atoms with van der Waals surface area (Å²) in [5.74, 6) is -0.134. The van der Waals surface area contributed by atoms with Gasteiger partial charge >= 0.3 is 0 Å². The Morgan fingerprint density at radius 3 is 2.65 bits per heavy atom. The Morgan fingerprint density at radius 2 is 2.20 bits per heavy atom. The summed E-state index contributed by atoms with van der Waals surface area (Å²) in [4.78, 5) is 12.4. The number of nitrogens with two attached hydrogens (primary N) is 1. The molecule has 0 fully saturated rings. The van der Waals surface area contributed by atoms with E-state index >= 15 is 0 Å². The number of oxime groups is 1. The van der Waals surface area contributed by atoms with Crippen LogP contribution in [0.4, 0.5) is 11.4 Å². The van der Waals surface area contributed by atoms with Gasteiger partial charge in [0.2, 0.25) is 0 Å². The Hall–Kier alpha value is -2.31. The maximum atomic E-state index is 10.9. The molecule has 0 saturated carbocycles. The number of hydrogen-bond acceptors (Lipinski definition) is 5. The molecule has 3 N–H and O–H groups in total. The van der Waals surface area contributed by atoms with Gasteiger partial charge in [-0.3, -0.25) is 10.1 Å². The van der Waals surface area contributed by atoms with E-state index in [1.807, 2.05) is 20.8 Å². The summed E-state index contributed by atoms with van der Waals surface area (Å²) >= 11 is 0. The van der Waals surface area contributed by atoms with E-state index in [1.54, 1.807) is 6.07 Å². The second-order valence-electron chi connectivity index (χ2n) is 4.73. The van der Waals surface area contributed by atoms with Gasteiger partial charge in [-0.2, -0.15) is 0 Å². The highest BCUT2D eigenvalue weighted by Gasteiger charge is 2.19. The average molecular weight is 280 g/mol. The third-order valence-electron chi connectivity index (χ3n) is 2.97. The molecule has 0 bridgehead atoms. The highest BCUT2D eigenvalue weighted by Crippen LogP contribution is 2.27. The quantitative estimate of drug-likeness (QED) is 0.273. The zero-order chi connectivity index (χ0) is 15.3. The van der Waals surface area contributed by atoms with E-state index in [1.165, 1.54) is 12.1 Å². The number of non-ortho nitro benzene ring substituents is 1. The predicted octanol–water partition coefficient (Wildman–Crippen LogP) is 2.31. The molecule has 0 aliphatic rings. The van der Waals surface area contributed by atoms with E-state index in [4.69, 9.17) is 10.9 Å². The van der Waals surface area contributed by atoms with Crippen molar-refractivity contribution in [1.29, 1.82) is 0 Å². The summed E-state index contributed by atoms with van der Waals surface area (Å²) in [5, 5.41) is 22.7. The number of nitro benzene ring substituents is 1. The molecule has 0 amide bonds. The number of hydrogen-bond donors (Lipinski definition) is 2. The number of amidine groups is 1. The Labute approximate surface area is 117 Å². The summed E-state index contributed by atoms with van der Waals surface area (Å²) in [6, 6.07) is 4.59. The van der Waals surface area contributed by atoms with E-state index in [-0.39, 0.29) is 17.6 Å². The van der Waals surface area contributed by atoms with Gasteiger partial charge in [0.1, 0.15) is 0 Å². The number of anilines is 1. The van der Waals surface area contributed by atoms with Gasteiger partial charge in [0.15, 0.2) is 5.84 Å². The first-order valence-electron chi connectivity index (χ1n) is 6.45. The number of benzene rings is 1. The maximum Gasteiger partial charge on any atom is 0.270 e. The van der Waals surface area contributed by atoms with Crippen LogP contribution in [0, 0.1) is 10.1 Å². The summed E-state index contributed by atoms with van der Waals surface area (Å²) in [7, 11) is 0. The smallest absolute Gasteiger partial charge is 0.270 e. The topological polar surface area (TPSA) is 105 Å². The molecule has 110 valence electrons. The van der Waals surface area contributed by atoms with E-state index < -0.39 is 4.92 Å². The van der Waals surface area contributed by atoms with E-state index in [9.17, 15) is 10.1 Å². The molecule has 0 aromatic heterocycles. The molecular weight excluding hydrogens is 260 g/mol. The van der Waals surface area contributed by atoms with Gasteiger partial charge in [0, 0.05) is 30.4 Å². The van der Waals surface area contributed by atoms with Gasteiger partial charge < -0.3 is 15.8 Å². The van der Waals surface area contributed by atoms with Crippen LogP contribution in [0.3, 0.4) is 0 Å². The van der Waals surface area contributed by atoms with Crippen molar-refractivity contribution in [3.63, 3.8) is 0 Å². The molecule has 7 nitrogen and oxygen atoms in total. The van der Waals surface area contributed by atoms with Crippen molar-refractivity contribution in [2.75, 3.05) is 11.4 Å². The molecule has 1 rings (SSSR count). The second-order valence-corrected chi connectivity index (χ2v) is 4.73. The Bertz CT molecular complexity index is 514. The molecule has 0 unspecified atom stereocenters. The molecule has 1 aromatic rings. The lowest BCUT2D eigenvalue weighted by atomic mass is 10.1. The lowest BCUT2D eigenvalue weighted by molar-refractivity contribution is -0.384. The molecule has 0 aliphatic carbocycles. The fourth-order valence-corrected chi connectivity index (χ4v) is 2.04. The van der Waals surface area contributed by atoms with Crippen LogP contribution in [-0.2, 0) is 0 Å². The van der Waals surface area contributed by atoms with Gasteiger partial charge in [0.05, 0.1) is 10.5 Å². The van der Waals surface area contributed by atoms with Crippen LogP contribution in [0.2, 0.25) is 0 Å². The molecular formula is C13H20N4O3. The fourth-order valence-electron chi connectivity index (χ4n) is 2.04. The van der Waals surface area contributed by atoms with Crippen LogP contribution in [0.5, 0.6) is 0 Å². The maximum absolute atomic E-state index is 10.9. The molecule has 0 saturated heterocycles. The first kappa shape index (κ1) is 15.7. The van der Waals surface area contributed by atoms with Crippen LogP contribution < -0.4 is 10.6 Å². The van der Waals surface area contributed by atoms with Gasteiger partial charge in [-0.15, -0.1) is 0 Å². The Kier molecular flexibility index (Phi) is 5.31. The highest BCUT2D eigenvalue weighted by atomic mass is 16.6. The molecule has 20 heavy (non-hydrogen) atoms. The van der Waals surface area contributed by atoms with Crippen molar-refractivity contribution >= 4 is 17.2 Å². The summed E-state index contributed by atoms with van der Waals surface area (Å²) in [6.07, 6.45) is 0.921. The third-order valence-corrected chi connectivity index (χ3v) is 2.97. The predicted molar refractivity (Wildman–Crippen MR) is 78.4 cm³/mol. The van der Waals surface area contributed by atoms with Crippen molar-refractivity contribution < 1.29 is 10.1 Å². The molecule has 0 radical (unpaired) electrons. The van der Waals surface area contributed by atoms with Crippen molar-refractivity contribution in [1.82, 2.24) is 0 Å². The lowest BCUT2D eigenvalue weighted by Gasteiger charge is -2.30. The third kappa shape index (κ3) is 3.37. The normalized spacial score (nSPS) is 11.7. The zero-order valence-electron chi connectivity index (χ0n) is 11.9. The molecule has 0 atom stereocenters. The Balaban J connectivity index is 3.40. The van der Waals surface area contributed by atoms with Crippen LogP contribution in [0.1, 0.15) is 32.8 Å². The first-order valence-corrected chi connectivity index (χ1v) is 6.45. The van der Waals surface area contributed by atoms with Gasteiger partial charge in [-0.1, -0.05) is 12.1 Å². The second kappa shape index (κ2) is 6.74. The SMILES string of the molecule is CCCN(c1ccc([N+](=O)[O-])cc1C(N)=NO)C(C)C. The van der Waals surface area contributed by atoms with Crippen molar-refractivity contribution in [2.45, 2.75) is 33.2 Å². The van der Waals surface area contributed by atoms with E-state index in [2.05, 4.69) is 10.1 Å². The van der Waals surface area contributed by atoms with Crippen LogP contribution >= 0.6 is 0 Å². The Morgan fingerprint density at radius 1 is 1.55 bits per heavy atom.